The van der Waals surface area contributed by atoms with Gasteiger partial charge in [0, 0.05) is 29.1 Å². The van der Waals surface area contributed by atoms with Crippen molar-refractivity contribution < 1.29 is 0 Å². The van der Waals surface area contributed by atoms with Crippen molar-refractivity contribution in [3.63, 3.8) is 0 Å². The molecule has 0 radical (unpaired) electrons. The molecule has 1 aromatic heterocycles. The molecule has 1 aromatic carbocycles. The molecule has 18 heavy (non-hydrogen) atoms. The number of nitrogens with zero attached hydrogens (tertiary/aromatic N) is 1. The van der Waals surface area contributed by atoms with Crippen LogP contribution in [0.4, 0.5) is 0 Å². The maximum absolute atomic E-state index is 6.34. The van der Waals surface area contributed by atoms with Gasteiger partial charge in [-0.25, -0.2) is 4.98 Å². The number of hydrogen-bond donors (Lipinski definition) is 1. The van der Waals surface area contributed by atoms with Gasteiger partial charge in [-0.2, -0.15) is 0 Å². The fourth-order valence-electron chi connectivity index (χ4n) is 1.98. The van der Waals surface area contributed by atoms with Crippen LogP contribution in [0.15, 0.2) is 29.8 Å². The molecule has 0 amide bonds. The zero-order valence-corrected chi connectivity index (χ0v) is 12.2. The molecule has 0 aliphatic carbocycles. The van der Waals surface area contributed by atoms with Crippen LogP contribution < -0.4 is 5.32 Å². The molecule has 1 heterocycles. The fraction of sp³-hybridized carbons (Fsp3) is 0.357. The van der Waals surface area contributed by atoms with Gasteiger partial charge in [-0.1, -0.05) is 30.7 Å². The van der Waals surface area contributed by atoms with E-state index in [9.17, 15) is 0 Å². The van der Waals surface area contributed by atoms with E-state index in [4.69, 9.17) is 11.6 Å². The Balaban J connectivity index is 2.23. The first-order valence-electron chi connectivity index (χ1n) is 6.08. The highest BCUT2D eigenvalue weighted by Gasteiger charge is 2.15. The maximum Gasteiger partial charge on any atom is 0.0943 e. The molecule has 1 atom stereocenters. The molecule has 4 heteroatoms. The summed E-state index contributed by atoms with van der Waals surface area (Å²) in [5.41, 5.74) is 2.34. The van der Waals surface area contributed by atoms with Gasteiger partial charge in [0.2, 0.25) is 0 Å². The van der Waals surface area contributed by atoms with Gasteiger partial charge in [0.05, 0.1) is 5.01 Å². The molecule has 0 aliphatic heterocycles. The van der Waals surface area contributed by atoms with E-state index in [1.807, 2.05) is 17.6 Å². The van der Waals surface area contributed by atoms with E-state index in [1.165, 1.54) is 5.56 Å². The first kappa shape index (κ1) is 13.5. The summed E-state index contributed by atoms with van der Waals surface area (Å²) < 4.78 is 0. The molecule has 2 aromatic rings. The molecule has 0 aliphatic rings. The maximum atomic E-state index is 6.34. The van der Waals surface area contributed by atoms with E-state index >= 15 is 0 Å². The fourth-order valence-corrected chi connectivity index (χ4v) is 3.01. The van der Waals surface area contributed by atoms with Gasteiger partial charge in [-0.15, -0.1) is 11.3 Å². The second-order valence-electron chi connectivity index (χ2n) is 4.27. The summed E-state index contributed by atoms with van der Waals surface area (Å²) in [4.78, 5) is 4.35. The summed E-state index contributed by atoms with van der Waals surface area (Å²) in [5.74, 6) is 0. The predicted octanol–water partition coefficient (Wildman–Crippen LogP) is 4.00. The number of aromatic nitrogens is 1. The number of thiazole rings is 1. The number of hydrogen-bond acceptors (Lipinski definition) is 3. The highest BCUT2D eigenvalue weighted by molar-refractivity contribution is 7.09. The van der Waals surface area contributed by atoms with Gasteiger partial charge >= 0.3 is 0 Å². The van der Waals surface area contributed by atoms with Gasteiger partial charge in [0.15, 0.2) is 0 Å². The average molecular weight is 281 g/mol. The summed E-state index contributed by atoms with van der Waals surface area (Å²) in [6.45, 7) is 5.08. The Labute approximate surface area is 117 Å². The predicted molar refractivity (Wildman–Crippen MR) is 78.4 cm³/mol. The minimum absolute atomic E-state index is 0.231. The third-order valence-corrected chi connectivity index (χ3v) is 3.97. The zero-order valence-electron chi connectivity index (χ0n) is 10.6. The summed E-state index contributed by atoms with van der Waals surface area (Å²) >= 11 is 8.03. The largest absolute Gasteiger partial charge is 0.310 e. The molecule has 0 spiro atoms. The van der Waals surface area contributed by atoms with Crippen LogP contribution >= 0.6 is 22.9 Å². The van der Waals surface area contributed by atoms with E-state index in [-0.39, 0.29) is 6.04 Å². The quantitative estimate of drug-likeness (QED) is 0.895. The second-order valence-corrected chi connectivity index (χ2v) is 5.65. The molecule has 1 N–H and O–H groups in total. The Bertz CT molecular complexity index is 497. The van der Waals surface area contributed by atoms with Crippen LogP contribution in [-0.4, -0.2) is 11.5 Å². The van der Waals surface area contributed by atoms with E-state index in [2.05, 4.69) is 36.3 Å². The summed E-state index contributed by atoms with van der Waals surface area (Å²) in [6, 6.07) is 6.46. The lowest BCUT2D eigenvalue weighted by molar-refractivity contribution is 0.549. The smallest absolute Gasteiger partial charge is 0.0943 e. The van der Waals surface area contributed by atoms with Gasteiger partial charge in [0.1, 0.15) is 0 Å². The number of nitrogens with one attached hydrogen (secondary N) is 1. The van der Waals surface area contributed by atoms with Gasteiger partial charge in [-0.3, -0.25) is 0 Å². The summed E-state index contributed by atoms with van der Waals surface area (Å²) in [6.07, 6.45) is 2.73. The third-order valence-electron chi connectivity index (χ3n) is 2.84. The van der Waals surface area contributed by atoms with Gasteiger partial charge in [-0.05, 0) is 30.7 Å². The Hall–Kier alpha value is -0.900. The van der Waals surface area contributed by atoms with Crippen molar-refractivity contribution >= 4 is 22.9 Å². The van der Waals surface area contributed by atoms with Gasteiger partial charge < -0.3 is 5.32 Å². The van der Waals surface area contributed by atoms with Crippen molar-refractivity contribution in [1.82, 2.24) is 10.3 Å². The topological polar surface area (TPSA) is 24.9 Å². The Morgan fingerprint density at radius 2 is 2.28 bits per heavy atom. The average Bonchev–Trinajstić information content (AvgIpc) is 2.81. The number of halogens is 1. The highest BCUT2D eigenvalue weighted by Crippen LogP contribution is 2.27. The lowest BCUT2D eigenvalue weighted by Gasteiger charge is -2.18. The number of likely N-dealkylation sites (N-methyl/N-ethyl adjacent to an activating group) is 1. The second kappa shape index (κ2) is 6.32. The van der Waals surface area contributed by atoms with Crippen LogP contribution in [0, 0.1) is 6.92 Å². The van der Waals surface area contributed by atoms with E-state index in [0.717, 1.165) is 28.6 Å². The molecular formula is C14H17ClN2S. The van der Waals surface area contributed by atoms with Crippen molar-refractivity contribution in [2.75, 3.05) is 6.54 Å². The molecule has 0 saturated heterocycles. The molecular weight excluding hydrogens is 264 g/mol. The molecule has 96 valence electrons. The molecule has 1 unspecified atom stereocenters. The van der Waals surface area contributed by atoms with Gasteiger partial charge in [0.25, 0.3) is 0 Å². The monoisotopic (exact) mass is 280 g/mol. The molecule has 0 saturated carbocycles. The van der Waals surface area contributed by atoms with Crippen LogP contribution in [-0.2, 0) is 6.42 Å². The highest BCUT2D eigenvalue weighted by atomic mass is 35.5. The first-order valence-corrected chi connectivity index (χ1v) is 7.34. The van der Waals surface area contributed by atoms with Crippen LogP contribution in [0.1, 0.15) is 29.1 Å². The Morgan fingerprint density at radius 3 is 2.89 bits per heavy atom. The molecule has 0 fully saturated rings. The minimum atomic E-state index is 0.231. The number of rotatable bonds is 5. The zero-order chi connectivity index (χ0) is 13.0. The SMILES string of the molecule is CCNC(Cc1nccs1)c1ccc(C)cc1Cl. The molecule has 0 bridgehead atoms. The summed E-state index contributed by atoms with van der Waals surface area (Å²) in [5, 5.41) is 7.46. The normalized spacial score (nSPS) is 12.6. The van der Waals surface area contributed by atoms with Crippen LogP contribution in [0.2, 0.25) is 5.02 Å². The summed E-state index contributed by atoms with van der Waals surface area (Å²) in [7, 11) is 0. The Morgan fingerprint density at radius 1 is 1.44 bits per heavy atom. The van der Waals surface area contributed by atoms with Crippen molar-refractivity contribution in [1.29, 1.82) is 0 Å². The molecule has 2 nitrogen and oxygen atoms in total. The van der Waals surface area contributed by atoms with E-state index in [1.54, 1.807) is 11.3 Å². The number of benzene rings is 1. The van der Waals surface area contributed by atoms with Crippen molar-refractivity contribution in [2.45, 2.75) is 26.3 Å². The lowest BCUT2D eigenvalue weighted by atomic mass is 10.0. The molecule has 2 rings (SSSR count). The third kappa shape index (κ3) is 3.31. The van der Waals surface area contributed by atoms with E-state index in [0.29, 0.717) is 0 Å². The van der Waals surface area contributed by atoms with Crippen molar-refractivity contribution in [3.05, 3.63) is 50.9 Å². The minimum Gasteiger partial charge on any atom is -0.310 e. The van der Waals surface area contributed by atoms with Crippen molar-refractivity contribution in [3.8, 4) is 0 Å². The van der Waals surface area contributed by atoms with Crippen molar-refractivity contribution in [2.24, 2.45) is 0 Å². The standard InChI is InChI=1S/C14H17ClN2S/c1-3-16-13(9-14-17-6-7-18-14)11-5-4-10(2)8-12(11)15/h4-8,13,16H,3,9H2,1-2H3. The van der Waals surface area contributed by atoms with Crippen LogP contribution in [0.3, 0.4) is 0 Å². The first-order chi connectivity index (χ1) is 8.70. The van der Waals surface area contributed by atoms with Crippen LogP contribution in [0.25, 0.3) is 0 Å². The lowest BCUT2D eigenvalue weighted by Crippen LogP contribution is -2.23. The van der Waals surface area contributed by atoms with Crippen LogP contribution in [0.5, 0.6) is 0 Å². The Kier molecular flexibility index (Phi) is 4.75. The van der Waals surface area contributed by atoms with E-state index < -0.39 is 0 Å². The number of aryl methyl sites for hydroxylation is 1.